The summed E-state index contributed by atoms with van der Waals surface area (Å²) in [5.41, 5.74) is 3.10. The highest BCUT2D eigenvalue weighted by molar-refractivity contribution is 6.00. The van der Waals surface area contributed by atoms with E-state index in [0.717, 1.165) is 22.6 Å². The van der Waals surface area contributed by atoms with Crippen LogP contribution in [-0.2, 0) is 9.59 Å². The first kappa shape index (κ1) is 19.7. The van der Waals surface area contributed by atoms with Gasteiger partial charge in [-0.05, 0) is 43.2 Å². The maximum absolute atomic E-state index is 12.5. The van der Waals surface area contributed by atoms with Gasteiger partial charge in [0.25, 0.3) is 0 Å². The zero-order valence-corrected chi connectivity index (χ0v) is 16.5. The van der Waals surface area contributed by atoms with Gasteiger partial charge in [-0.25, -0.2) is 0 Å². The summed E-state index contributed by atoms with van der Waals surface area (Å²) in [6.45, 7) is 5.16. The molecule has 1 aliphatic rings. The third-order valence-corrected chi connectivity index (χ3v) is 5.07. The van der Waals surface area contributed by atoms with E-state index in [2.05, 4.69) is 5.32 Å². The molecular weight excluding hydrogens is 356 g/mol. The van der Waals surface area contributed by atoms with Gasteiger partial charge in [-0.3, -0.25) is 9.59 Å². The van der Waals surface area contributed by atoms with Gasteiger partial charge in [0.15, 0.2) is 0 Å². The van der Waals surface area contributed by atoms with Gasteiger partial charge in [-0.2, -0.15) is 0 Å². The van der Waals surface area contributed by atoms with Crippen molar-refractivity contribution in [3.05, 3.63) is 53.6 Å². The lowest BCUT2D eigenvalue weighted by molar-refractivity contribution is -0.126. The molecule has 2 aromatic rings. The second-order valence-electron chi connectivity index (χ2n) is 6.94. The van der Waals surface area contributed by atoms with Crippen LogP contribution in [0.25, 0.3) is 0 Å². The summed E-state index contributed by atoms with van der Waals surface area (Å²) < 4.78 is 10.8. The summed E-state index contributed by atoms with van der Waals surface area (Å²) >= 11 is 0. The molecule has 2 aromatic carbocycles. The molecular formula is C22H26N2O4. The van der Waals surface area contributed by atoms with Gasteiger partial charge in [0.2, 0.25) is 11.8 Å². The van der Waals surface area contributed by atoms with Crippen molar-refractivity contribution in [2.45, 2.75) is 20.3 Å². The van der Waals surface area contributed by atoms with Crippen molar-refractivity contribution in [2.75, 3.05) is 31.7 Å². The van der Waals surface area contributed by atoms with Gasteiger partial charge in [0.05, 0.1) is 19.6 Å². The average molecular weight is 382 g/mol. The molecule has 1 unspecified atom stereocenters. The van der Waals surface area contributed by atoms with Gasteiger partial charge in [0, 0.05) is 24.7 Å². The van der Waals surface area contributed by atoms with Crippen molar-refractivity contribution < 1.29 is 19.1 Å². The van der Waals surface area contributed by atoms with E-state index in [9.17, 15) is 9.59 Å². The Bertz CT molecular complexity index is 865. The molecule has 1 N–H and O–H groups in total. The van der Waals surface area contributed by atoms with Crippen molar-refractivity contribution in [3.8, 4) is 11.5 Å². The number of nitrogens with zero attached hydrogens (tertiary/aromatic N) is 1. The van der Waals surface area contributed by atoms with E-state index >= 15 is 0 Å². The van der Waals surface area contributed by atoms with Gasteiger partial charge >= 0.3 is 0 Å². The Balaban J connectivity index is 1.50. The number of methoxy groups -OCH3 is 1. The molecule has 6 nitrogen and oxygen atoms in total. The minimum atomic E-state index is -0.343. The fourth-order valence-electron chi connectivity index (χ4n) is 3.32. The van der Waals surface area contributed by atoms with Crippen LogP contribution in [-0.4, -0.2) is 38.6 Å². The Hall–Kier alpha value is -3.02. The van der Waals surface area contributed by atoms with Crippen LogP contribution in [0.2, 0.25) is 0 Å². The average Bonchev–Trinajstić information content (AvgIpc) is 3.09. The molecule has 0 radical (unpaired) electrons. The maximum atomic E-state index is 12.5. The van der Waals surface area contributed by atoms with Crippen LogP contribution in [0, 0.1) is 19.8 Å². The molecule has 1 atom stereocenters. The molecule has 1 saturated heterocycles. The Morgan fingerprint density at radius 1 is 1.18 bits per heavy atom. The largest absolute Gasteiger partial charge is 0.497 e. The van der Waals surface area contributed by atoms with E-state index in [1.165, 1.54) is 0 Å². The van der Waals surface area contributed by atoms with E-state index in [1.54, 1.807) is 18.1 Å². The summed E-state index contributed by atoms with van der Waals surface area (Å²) in [5.74, 6) is 0.935. The first-order chi connectivity index (χ1) is 13.5. The van der Waals surface area contributed by atoms with Gasteiger partial charge in [-0.1, -0.05) is 18.2 Å². The minimum absolute atomic E-state index is 0.0125. The standard InChI is InChI=1S/C22H26N2O4/c1-15-6-4-9-20(16(15)2)24-14-17(12-21(24)25)22(26)23-10-11-28-19-8-5-7-18(13-19)27-3/h4-9,13,17H,10-12,14H2,1-3H3,(H,23,26). The normalized spacial score (nSPS) is 16.2. The fraction of sp³-hybridized carbons (Fsp3) is 0.364. The van der Waals surface area contributed by atoms with E-state index in [4.69, 9.17) is 9.47 Å². The molecule has 148 valence electrons. The molecule has 1 aliphatic heterocycles. The lowest BCUT2D eigenvalue weighted by Gasteiger charge is -2.20. The number of benzene rings is 2. The number of carbonyl (C=O) groups is 2. The van der Waals surface area contributed by atoms with Crippen LogP contribution in [0.15, 0.2) is 42.5 Å². The van der Waals surface area contributed by atoms with Crippen molar-refractivity contribution in [2.24, 2.45) is 5.92 Å². The highest BCUT2D eigenvalue weighted by Crippen LogP contribution is 2.29. The predicted molar refractivity (Wildman–Crippen MR) is 108 cm³/mol. The summed E-state index contributed by atoms with van der Waals surface area (Å²) in [5, 5.41) is 2.87. The van der Waals surface area contributed by atoms with Gasteiger partial charge in [0.1, 0.15) is 18.1 Å². The van der Waals surface area contributed by atoms with Crippen LogP contribution in [0.3, 0.4) is 0 Å². The fourth-order valence-corrected chi connectivity index (χ4v) is 3.32. The van der Waals surface area contributed by atoms with Crippen LogP contribution >= 0.6 is 0 Å². The number of carbonyl (C=O) groups excluding carboxylic acids is 2. The molecule has 2 amide bonds. The minimum Gasteiger partial charge on any atom is -0.497 e. The molecule has 0 saturated carbocycles. The zero-order valence-electron chi connectivity index (χ0n) is 16.5. The monoisotopic (exact) mass is 382 g/mol. The SMILES string of the molecule is COc1cccc(OCCNC(=O)C2CC(=O)N(c3cccc(C)c3C)C2)c1. The van der Waals surface area contributed by atoms with Crippen LogP contribution in [0.5, 0.6) is 11.5 Å². The number of nitrogens with one attached hydrogen (secondary N) is 1. The van der Waals surface area contributed by atoms with Crippen LogP contribution in [0.4, 0.5) is 5.69 Å². The van der Waals surface area contributed by atoms with Crippen molar-refractivity contribution in [3.63, 3.8) is 0 Å². The topological polar surface area (TPSA) is 67.9 Å². The Morgan fingerprint density at radius 2 is 1.93 bits per heavy atom. The number of ether oxygens (including phenoxy) is 2. The van der Waals surface area contributed by atoms with Crippen LogP contribution in [0.1, 0.15) is 17.5 Å². The van der Waals surface area contributed by atoms with Gasteiger partial charge < -0.3 is 19.7 Å². The molecule has 0 aromatic heterocycles. The Morgan fingerprint density at radius 3 is 2.71 bits per heavy atom. The number of aryl methyl sites for hydroxylation is 1. The number of rotatable bonds is 7. The lowest BCUT2D eigenvalue weighted by Crippen LogP contribution is -2.35. The smallest absolute Gasteiger partial charge is 0.227 e. The molecule has 1 fully saturated rings. The summed E-state index contributed by atoms with van der Waals surface area (Å²) in [4.78, 5) is 26.6. The second-order valence-corrected chi connectivity index (χ2v) is 6.94. The maximum Gasteiger partial charge on any atom is 0.227 e. The highest BCUT2D eigenvalue weighted by Gasteiger charge is 2.35. The number of amides is 2. The van der Waals surface area contributed by atoms with E-state index in [0.29, 0.717) is 25.4 Å². The van der Waals surface area contributed by atoms with Crippen LogP contribution < -0.4 is 19.7 Å². The molecule has 6 heteroatoms. The lowest BCUT2D eigenvalue weighted by atomic mass is 10.1. The zero-order chi connectivity index (χ0) is 20.1. The molecule has 0 spiro atoms. The third kappa shape index (κ3) is 4.44. The summed E-state index contributed by atoms with van der Waals surface area (Å²) in [6.07, 6.45) is 0.232. The summed E-state index contributed by atoms with van der Waals surface area (Å²) in [6, 6.07) is 13.2. The number of anilines is 1. The predicted octanol–water partition coefficient (Wildman–Crippen LogP) is 2.86. The van der Waals surface area contributed by atoms with Gasteiger partial charge in [-0.15, -0.1) is 0 Å². The first-order valence-corrected chi connectivity index (χ1v) is 9.40. The molecule has 3 rings (SSSR count). The van der Waals surface area contributed by atoms with E-state index < -0.39 is 0 Å². The second kappa shape index (κ2) is 8.78. The molecule has 0 aliphatic carbocycles. The quantitative estimate of drug-likeness (QED) is 0.748. The molecule has 28 heavy (non-hydrogen) atoms. The highest BCUT2D eigenvalue weighted by atomic mass is 16.5. The van der Waals surface area contributed by atoms with Crippen molar-refractivity contribution in [1.29, 1.82) is 0 Å². The first-order valence-electron chi connectivity index (χ1n) is 9.40. The number of hydrogen-bond acceptors (Lipinski definition) is 4. The van der Waals surface area contributed by atoms with Crippen molar-refractivity contribution >= 4 is 17.5 Å². The summed E-state index contributed by atoms with van der Waals surface area (Å²) in [7, 11) is 1.60. The van der Waals surface area contributed by atoms with E-state index in [1.807, 2.05) is 50.2 Å². The molecule has 0 bridgehead atoms. The number of hydrogen-bond donors (Lipinski definition) is 1. The third-order valence-electron chi connectivity index (χ3n) is 5.07. The molecule has 1 heterocycles. The Kier molecular flexibility index (Phi) is 6.19. The Labute approximate surface area is 165 Å². The van der Waals surface area contributed by atoms with Crippen molar-refractivity contribution in [1.82, 2.24) is 5.32 Å². The van der Waals surface area contributed by atoms with E-state index in [-0.39, 0.29) is 24.2 Å².